The molecule has 1 heterocycles. The van der Waals surface area contributed by atoms with Gasteiger partial charge in [-0.15, -0.1) is 0 Å². The van der Waals surface area contributed by atoms with Crippen LogP contribution in [-0.4, -0.2) is 45.2 Å². The SMILES string of the molecule is C=CC(=O)OCC(C)(C)C1OCC(CC)(C(=C)C(=O)OC)CO1. The summed E-state index contributed by atoms with van der Waals surface area (Å²) in [6, 6.07) is 0. The molecule has 0 aromatic rings. The van der Waals surface area contributed by atoms with Crippen LogP contribution >= 0.6 is 0 Å². The minimum absolute atomic E-state index is 0.138. The second-order valence-electron chi connectivity index (χ2n) is 6.36. The molecule has 0 aromatic heterocycles. The first kappa shape index (κ1) is 19.4. The minimum atomic E-state index is -0.600. The van der Waals surface area contributed by atoms with Crippen molar-refractivity contribution in [2.24, 2.45) is 10.8 Å². The van der Waals surface area contributed by atoms with Gasteiger partial charge < -0.3 is 18.9 Å². The largest absolute Gasteiger partial charge is 0.466 e. The second kappa shape index (κ2) is 7.75. The molecule has 130 valence electrons. The summed E-state index contributed by atoms with van der Waals surface area (Å²) in [5.74, 6) is -0.951. The van der Waals surface area contributed by atoms with Crippen LogP contribution in [0.5, 0.6) is 0 Å². The van der Waals surface area contributed by atoms with Crippen molar-refractivity contribution in [3.8, 4) is 0 Å². The zero-order valence-electron chi connectivity index (χ0n) is 14.3. The van der Waals surface area contributed by atoms with E-state index in [0.29, 0.717) is 25.2 Å². The fraction of sp³-hybridized carbons (Fsp3) is 0.647. The molecule has 23 heavy (non-hydrogen) atoms. The van der Waals surface area contributed by atoms with Crippen LogP contribution in [0.3, 0.4) is 0 Å². The van der Waals surface area contributed by atoms with Gasteiger partial charge in [-0.05, 0) is 6.42 Å². The van der Waals surface area contributed by atoms with Crippen LogP contribution in [0.1, 0.15) is 27.2 Å². The highest BCUT2D eigenvalue weighted by Crippen LogP contribution is 2.39. The van der Waals surface area contributed by atoms with Crippen molar-refractivity contribution in [2.75, 3.05) is 26.9 Å². The summed E-state index contributed by atoms with van der Waals surface area (Å²) in [4.78, 5) is 23.0. The van der Waals surface area contributed by atoms with Crippen LogP contribution in [0.4, 0.5) is 0 Å². The molecule has 0 amide bonds. The van der Waals surface area contributed by atoms with E-state index in [1.165, 1.54) is 7.11 Å². The third-order valence-corrected chi connectivity index (χ3v) is 4.16. The molecule has 1 fully saturated rings. The molecule has 1 aliphatic heterocycles. The van der Waals surface area contributed by atoms with Crippen LogP contribution in [0.15, 0.2) is 24.8 Å². The lowest BCUT2D eigenvalue weighted by molar-refractivity contribution is -0.268. The molecule has 0 N–H and O–H groups in total. The first-order chi connectivity index (χ1) is 10.7. The van der Waals surface area contributed by atoms with E-state index in [0.717, 1.165) is 6.08 Å². The van der Waals surface area contributed by atoms with E-state index < -0.39 is 29.1 Å². The van der Waals surface area contributed by atoms with Gasteiger partial charge >= 0.3 is 11.9 Å². The van der Waals surface area contributed by atoms with Gasteiger partial charge in [-0.2, -0.15) is 0 Å². The van der Waals surface area contributed by atoms with E-state index in [9.17, 15) is 9.59 Å². The molecule has 0 atom stereocenters. The Hall–Kier alpha value is -1.66. The predicted molar refractivity (Wildman–Crippen MR) is 84.5 cm³/mol. The Morgan fingerprint density at radius 1 is 1.35 bits per heavy atom. The maximum atomic E-state index is 11.8. The number of methoxy groups -OCH3 is 1. The van der Waals surface area contributed by atoms with Gasteiger partial charge in [0.1, 0.15) is 6.61 Å². The topological polar surface area (TPSA) is 71.1 Å². The molecule has 0 radical (unpaired) electrons. The molecule has 1 saturated heterocycles. The average Bonchev–Trinajstić information content (AvgIpc) is 2.58. The van der Waals surface area contributed by atoms with Crippen molar-refractivity contribution in [3.63, 3.8) is 0 Å². The minimum Gasteiger partial charge on any atom is -0.466 e. The number of carbonyl (C=O) groups is 2. The van der Waals surface area contributed by atoms with Gasteiger partial charge in [-0.25, -0.2) is 9.59 Å². The van der Waals surface area contributed by atoms with Crippen LogP contribution in [0, 0.1) is 10.8 Å². The molecular weight excluding hydrogens is 300 g/mol. The smallest absolute Gasteiger partial charge is 0.333 e. The third-order valence-electron chi connectivity index (χ3n) is 4.16. The number of hydrogen-bond acceptors (Lipinski definition) is 6. The summed E-state index contributed by atoms with van der Waals surface area (Å²) in [5, 5.41) is 0. The average molecular weight is 326 g/mol. The van der Waals surface area contributed by atoms with Crippen LogP contribution in [0.2, 0.25) is 0 Å². The lowest BCUT2D eigenvalue weighted by Gasteiger charge is -2.44. The number of carbonyl (C=O) groups excluding carboxylic acids is 2. The number of hydrogen-bond donors (Lipinski definition) is 0. The zero-order chi connectivity index (χ0) is 17.7. The number of rotatable bonds is 7. The molecule has 0 aromatic carbocycles. The molecule has 6 nitrogen and oxygen atoms in total. The maximum Gasteiger partial charge on any atom is 0.333 e. The van der Waals surface area contributed by atoms with Gasteiger partial charge in [0, 0.05) is 22.5 Å². The van der Waals surface area contributed by atoms with Crippen LogP contribution in [-0.2, 0) is 28.5 Å². The molecule has 1 aliphatic rings. The Bertz CT molecular complexity index is 471. The summed E-state index contributed by atoms with van der Waals surface area (Å²) in [5.41, 5.74) is -0.792. The summed E-state index contributed by atoms with van der Waals surface area (Å²) in [6.45, 7) is 13.6. The van der Waals surface area contributed by atoms with Gasteiger partial charge in [0.05, 0.1) is 20.3 Å². The van der Waals surface area contributed by atoms with Crippen LogP contribution < -0.4 is 0 Å². The Labute approximate surface area is 137 Å². The monoisotopic (exact) mass is 326 g/mol. The lowest BCUT2D eigenvalue weighted by Crippen LogP contribution is -2.50. The summed E-state index contributed by atoms with van der Waals surface area (Å²) >= 11 is 0. The Morgan fingerprint density at radius 2 is 1.91 bits per heavy atom. The molecule has 1 rings (SSSR count). The molecular formula is C17H26O6. The van der Waals surface area contributed by atoms with Crippen molar-refractivity contribution in [1.82, 2.24) is 0 Å². The van der Waals surface area contributed by atoms with Gasteiger partial charge in [-0.1, -0.05) is 33.9 Å². The maximum absolute atomic E-state index is 11.8. The fourth-order valence-electron chi connectivity index (χ4n) is 2.33. The standard InChI is InChI=1S/C17H26O6/c1-7-13(18)21-9-16(4,5)15-22-10-17(8-2,11-23-15)12(3)14(19)20-6/h7,15H,1,3,8-11H2,2,4-6H3. The lowest BCUT2D eigenvalue weighted by atomic mass is 9.78. The van der Waals surface area contributed by atoms with Crippen molar-refractivity contribution in [3.05, 3.63) is 24.8 Å². The number of ether oxygens (including phenoxy) is 4. The molecule has 0 bridgehead atoms. The normalized spacial score (nSPS) is 24.6. The first-order valence-corrected chi connectivity index (χ1v) is 7.52. The van der Waals surface area contributed by atoms with Gasteiger partial charge in [0.15, 0.2) is 6.29 Å². The molecule has 6 heteroatoms. The van der Waals surface area contributed by atoms with Crippen molar-refractivity contribution in [2.45, 2.75) is 33.5 Å². The Kier molecular flexibility index (Phi) is 6.53. The summed E-state index contributed by atoms with van der Waals surface area (Å²) in [7, 11) is 1.32. The number of esters is 2. The van der Waals surface area contributed by atoms with E-state index in [1.54, 1.807) is 0 Å². The molecule has 0 saturated carbocycles. The third kappa shape index (κ3) is 4.42. The van der Waals surface area contributed by atoms with Crippen LogP contribution in [0.25, 0.3) is 0 Å². The van der Waals surface area contributed by atoms with Gasteiger partial charge in [-0.3, -0.25) is 0 Å². The predicted octanol–water partition coefficient (Wildman–Crippen LogP) is 2.24. The van der Waals surface area contributed by atoms with Crippen molar-refractivity contribution < 1.29 is 28.5 Å². The van der Waals surface area contributed by atoms with Crippen molar-refractivity contribution in [1.29, 1.82) is 0 Å². The quantitative estimate of drug-likeness (QED) is 0.528. The Balaban J connectivity index is 2.72. The highest BCUT2D eigenvalue weighted by Gasteiger charge is 2.45. The van der Waals surface area contributed by atoms with Gasteiger partial charge in [0.2, 0.25) is 0 Å². The van der Waals surface area contributed by atoms with E-state index in [2.05, 4.69) is 13.2 Å². The molecule has 0 unspecified atom stereocenters. The van der Waals surface area contributed by atoms with E-state index >= 15 is 0 Å². The fourth-order valence-corrected chi connectivity index (χ4v) is 2.33. The Morgan fingerprint density at radius 3 is 2.35 bits per heavy atom. The van der Waals surface area contributed by atoms with E-state index in [-0.39, 0.29) is 6.61 Å². The van der Waals surface area contributed by atoms with E-state index in [4.69, 9.17) is 18.9 Å². The van der Waals surface area contributed by atoms with Gasteiger partial charge in [0.25, 0.3) is 0 Å². The van der Waals surface area contributed by atoms with E-state index in [1.807, 2.05) is 20.8 Å². The highest BCUT2D eigenvalue weighted by atomic mass is 16.7. The molecule has 0 spiro atoms. The molecule has 0 aliphatic carbocycles. The van der Waals surface area contributed by atoms with Crippen molar-refractivity contribution >= 4 is 11.9 Å². The second-order valence-corrected chi connectivity index (χ2v) is 6.36. The highest BCUT2D eigenvalue weighted by molar-refractivity contribution is 5.89. The summed E-state index contributed by atoms with van der Waals surface area (Å²) in [6.07, 6.45) is 1.20. The first-order valence-electron chi connectivity index (χ1n) is 7.52. The zero-order valence-corrected chi connectivity index (χ0v) is 14.3. The summed E-state index contributed by atoms with van der Waals surface area (Å²) < 4.78 is 21.5.